The lowest BCUT2D eigenvalue weighted by Crippen LogP contribution is -2.38. The Labute approximate surface area is 228 Å². The number of fused-ring (bicyclic) bond motifs is 1. The molecular weight excluding hydrogens is 520 g/mol. The summed E-state index contributed by atoms with van der Waals surface area (Å²) in [6.45, 7) is 8.70. The van der Waals surface area contributed by atoms with Crippen molar-refractivity contribution in [2.75, 3.05) is 51.3 Å². The van der Waals surface area contributed by atoms with E-state index in [-0.39, 0.29) is 11.4 Å². The average Bonchev–Trinajstić information content (AvgIpc) is 3.43. The molecule has 0 spiro atoms. The van der Waals surface area contributed by atoms with E-state index in [1.807, 2.05) is 18.2 Å². The fourth-order valence-corrected chi connectivity index (χ4v) is 6.53. The number of ether oxygens (including phenoxy) is 1. The van der Waals surface area contributed by atoms with E-state index in [2.05, 4.69) is 51.3 Å². The van der Waals surface area contributed by atoms with E-state index in [1.165, 1.54) is 11.3 Å². The van der Waals surface area contributed by atoms with Gasteiger partial charge in [-0.3, -0.25) is 4.90 Å². The molecule has 1 aliphatic heterocycles. The maximum atomic E-state index is 12.7. The fourth-order valence-electron chi connectivity index (χ4n) is 4.27. The summed E-state index contributed by atoms with van der Waals surface area (Å²) in [7, 11) is -4.03. The van der Waals surface area contributed by atoms with Crippen molar-refractivity contribution in [1.29, 1.82) is 5.26 Å². The van der Waals surface area contributed by atoms with Crippen LogP contribution < -0.4 is 10.0 Å². The topological polar surface area (TPSA) is 115 Å². The molecule has 2 aromatic carbocycles. The fraction of sp³-hybridized carbons (Fsp3) is 0.393. The Kier molecular flexibility index (Phi) is 9.54. The number of nitrogens with zero attached hydrogens (tertiary/aromatic N) is 2. The lowest BCUT2D eigenvalue weighted by atomic mass is 10.1. The number of morpholine rings is 1. The lowest BCUT2D eigenvalue weighted by molar-refractivity contribution is 0.0398. The van der Waals surface area contributed by atoms with E-state index in [9.17, 15) is 18.8 Å². The number of hydrogen-bond donors (Lipinski definition) is 3. The van der Waals surface area contributed by atoms with Gasteiger partial charge in [-0.25, -0.2) is 13.1 Å². The summed E-state index contributed by atoms with van der Waals surface area (Å²) in [6, 6.07) is 18.2. The van der Waals surface area contributed by atoms with E-state index in [0.717, 1.165) is 66.3 Å². The van der Waals surface area contributed by atoms with Crippen molar-refractivity contribution in [2.24, 2.45) is 0 Å². The summed E-state index contributed by atoms with van der Waals surface area (Å²) in [5, 5.41) is 25.1. The van der Waals surface area contributed by atoms with Gasteiger partial charge >= 0.3 is 0 Å². The van der Waals surface area contributed by atoms with Gasteiger partial charge in [-0.2, -0.15) is 5.26 Å². The van der Waals surface area contributed by atoms with Crippen molar-refractivity contribution >= 4 is 43.4 Å². The van der Waals surface area contributed by atoms with Crippen LogP contribution in [0.25, 0.3) is 26.8 Å². The molecule has 1 fully saturated rings. The first kappa shape index (κ1) is 28.2. The van der Waals surface area contributed by atoms with Crippen LogP contribution in [0.3, 0.4) is 0 Å². The van der Waals surface area contributed by atoms with Gasteiger partial charge in [0.15, 0.2) is 4.91 Å². The second kappa shape index (κ2) is 12.8. The number of rotatable bonds is 11. The Morgan fingerprint density at radius 1 is 1.16 bits per heavy atom. The molecule has 202 valence electrons. The van der Waals surface area contributed by atoms with Gasteiger partial charge in [0.1, 0.15) is 6.07 Å². The number of anilines is 1. The standard InChI is InChI=1S/C28H34N4O4S2/c1-3-25(33)19-31-38(34,35)28(18-29)20(2)26-8-9-27(37-26)23-5-4-22-17-24(7-6-21(22)16-23)30-10-11-32-12-14-36-15-13-32/h4-9,16-17,25,30-31,33H,3,10-15,19H2,1-2H3/b28-20+. The molecule has 0 bridgehead atoms. The minimum absolute atomic E-state index is 0.130. The highest BCUT2D eigenvalue weighted by atomic mass is 32.2. The van der Waals surface area contributed by atoms with Gasteiger partial charge in [-0.1, -0.05) is 25.1 Å². The molecule has 0 radical (unpaired) electrons. The molecule has 38 heavy (non-hydrogen) atoms. The van der Waals surface area contributed by atoms with Crippen LogP contribution in [0.4, 0.5) is 5.69 Å². The van der Waals surface area contributed by atoms with Gasteiger partial charge in [0.2, 0.25) is 0 Å². The van der Waals surface area contributed by atoms with Crippen LogP contribution in [0.5, 0.6) is 0 Å². The van der Waals surface area contributed by atoms with E-state index < -0.39 is 16.1 Å². The monoisotopic (exact) mass is 554 g/mol. The Bertz CT molecular complexity index is 1440. The van der Waals surface area contributed by atoms with Crippen molar-refractivity contribution in [1.82, 2.24) is 9.62 Å². The molecule has 10 heteroatoms. The van der Waals surface area contributed by atoms with Crippen molar-refractivity contribution in [3.63, 3.8) is 0 Å². The van der Waals surface area contributed by atoms with Gasteiger partial charge < -0.3 is 15.2 Å². The van der Waals surface area contributed by atoms with Crippen LogP contribution in [0.2, 0.25) is 0 Å². The third kappa shape index (κ3) is 6.99. The average molecular weight is 555 g/mol. The number of nitrogens with one attached hydrogen (secondary N) is 2. The highest BCUT2D eigenvalue weighted by Gasteiger charge is 2.22. The van der Waals surface area contributed by atoms with Crippen molar-refractivity contribution in [3.05, 3.63) is 58.3 Å². The Balaban J connectivity index is 1.47. The zero-order chi connectivity index (χ0) is 27.1. The maximum Gasteiger partial charge on any atom is 0.251 e. The van der Waals surface area contributed by atoms with Gasteiger partial charge in [0.05, 0.1) is 19.3 Å². The van der Waals surface area contributed by atoms with Crippen LogP contribution >= 0.6 is 11.3 Å². The molecule has 8 nitrogen and oxygen atoms in total. The van der Waals surface area contributed by atoms with Crippen LogP contribution in [-0.4, -0.2) is 70.5 Å². The number of hydrogen-bond acceptors (Lipinski definition) is 8. The minimum Gasteiger partial charge on any atom is -0.392 e. The van der Waals surface area contributed by atoms with Crippen LogP contribution in [0, 0.1) is 11.3 Å². The van der Waals surface area contributed by atoms with E-state index >= 15 is 0 Å². The van der Waals surface area contributed by atoms with Gasteiger partial charge in [-0.05, 0) is 65.6 Å². The highest BCUT2D eigenvalue weighted by Crippen LogP contribution is 2.35. The van der Waals surface area contributed by atoms with E-state index in [0.29, 0.717) is 16.9 Å². The predicted molar refractivity (Wildman–Crippen MR) is 154 cm³/mol. The number of nitriles is 1. The highest BCUT2D eigenvalue weighted by molar-refractivity contribution is 7.93. The molecule has 1 atom stereocenters. The van der Waals surface area contributed by atoms with Crippen molar-refractivity contribution < 1.29 is 18.3 Å². The second-order valence-electron chi connectivity index (χ2n) is 9.30. The van der Waals surface area contributed by atoms with Crippen molar-refractivity contribution in [2.45, 2.75) is 26.4 Å². The lowest BCUT2D eigenvalue weighted by Gasteiger charge is -2.26. The summed E-state index contributed by atoms with van der Waals surface area (Å²) in [5.74, 6) is 0. The summed E-state index contributed by atoms with van der Waals surface area (Å²) >= 11 is 1.44. The zero-order valence-electron chi connectivity index (χ0n) is 21.7. The predicted octanol–water partition coefficient (Wildman–Crippen LogP) is 4.26. The maximum absolute atomic E-state index is 12.7. The molecule has 4 rings (SSSR count). The molecule has 0 amide bonds. The molecule has 3 N–H and O–H groups in total. The number of benzene rings is 2. The number of sulfonamides is 1. The molecule has 3 aromatic rings. The Hall–Kier alpha value is -2.78. The smallest absolute Gasteiger partial charge is 0.251 e. The quantitative estimate of drug-likeness (QED) is 0.304. The molecular formula is C28H34N4O4S2. The van der Waals surface area contributed by atoms with Crippen LogP contribution in [-0.2, 0) is 14.8 Å². The number of aliphatic hydroxyl groups is 1. The second-order valence-corrected chi connectivity index (χ2v) is 12.1. The van der Waals surface area contributed by atoms with E-state index in [1.54, 1.807) is 13.8 Å². The molecule has 1 aromatic heterocycles. The molecule has 0 saturated carbocycles. The first-order valence-electron chi connectivity index (χ1n) is 12.8. The minimum atomic E-state index is -4.03. The third-order valence-electron chi connectivity index (χ3n) is 6.65. The van der Waals surface area contributed by atoms with Crippen molar-refractivity contribution in [3.8, 4) is 16.5 Å². The molecule has 0 aliphatic carbocycles. The van der Waals surface area contributed by atoms with Gasteiger partial charge in [0.25, 0.3) is 10.0 Å². The normalized spacial score (nSPS) is 16.2. The molecule has 1 unspecified atom stereocenters. The summed E-state index contributed by atoms with van der Waals surface area (Å²) < 4.78 is 33.1. The molecule has 2 heterocycles. The number of allylic oxidation sites excluding steroid dienone is 2. The Morgan fingerprint density at radius 2 is 1.89 bits per heavy atom. The number of thiophene rings is 1. The SMILES string of the molecule is CCC(O)CNS(=O)(=O)/C(C#N)=C(\C)c1ccc(-c2ccc3cc(NCCN4CCOCC4)ccc3c2)s1. The largest absolute Gasteiger partial charge is 0.392 e. The zero-order valence-corrected chi connectivity index (χ0v) is 23.4. The van der Waals surface area contributed by atoms with Gasteiger partial charge in [-0.15, -0.1) is 11.3 Å². The molecule has 1 aliphatic rings. The van der Waals surface area contributed by atoms with Gasteiger partial charge in [0, 0.05) is 48.2 Å². The first-order valence-corrected chi connectivity index (χ1v) is 15.1. The summed E-state index contributed by atoms with van der Waals surface area (Å²) in [6.07, 6.45) is -0.381. The third-order valence-corrected chi connectivity index (χ3v) is 9.39. The Morgan fingerprint density at radius 3 is 2.63 bits per heavy atom. The number of aliphatic hydroxyl groups excluding tert-OH is 1. The summed E-state index contributed by atoms with van der Waals surface area (Å²) in [5.41, 5.74) is 2.50. The van der Waals surface area contributed by atoms with E-state index in [4.69, 9.17) is 4.74 Å². The summed E-state index contributed by atoms with van der Waals surface area (Å²) in [4.78, 5) is 3.76. The first-order chi connectivity index (χ1) is 18.3. The van der Waals surface area contributed by atoms with Crippen LogP contribution in [0.1, 0.15) is 25.1 Å². The van der Waals surface area contributed by atoms with Crippen LogP contribution in [0.15, 0.2) is 53.4 Å². The molecule has 1 saturated heterocycles.